The number of methoxy groups -OCH3 is 1. The predicted octanol–water partition coefficient (Wildman–Crippen LogP) is 0.178. The van der Waals surface area contributed by atoms with E-state index in [0.717, 1.165) is 6.42 Å². The van der Waals surface area contributed by atoms with Gasteiger partial charge in [0, 0.05) is 13.6 Å². The van der Waals surface area contributed by atoms with Crippen molar-refractivity contribution in [2.45, 2.75) is 6.42 Å². The number of anilines is 1. The summed E-state index contributed by atoms with van der Waals surface area (Å²) >= 11 is 0. The van der Waals surface area contributed by atoms with E-state index in [1.807, 2.05) is 0 Å². The van der Waals surface area contributed by atoms with E-state index in [0.29, 0.717) is 13.1 Å². The summed E-state index contributed by atoms with van der Waals surface area (Å²) in [6, 6.07) is 0. The second-order valence-electron chi connectivity index (χ2n) is 3.38. The summed E-state index contributed by atoms with van der Waals surface area (Å²) in [6.45, 7) is 1.10. The first-order chi connectivity index (χ1) is 8.11. The highest BCUT2D eigenvalue weighted by Crippen LogP contribution is 2.32. The van der Waals surface area contributed by atoms with Crippen LogP contribution in [0.25, 0.3) is 0 Å². The van der Waals surface area contributed by atoms with Gasteiger partial charge in [-0.05, 0) is 13.0 Å². The maximum absolute atomic E-state index is 11.0. The Labute approximate surface area is 98.6 Å². The van der Waals surface area contributed by atoms with Gasteiger partial charge in [-0.3, -0.25) is 10.1 Å². The summed E-state index contributed by atoms with van der Waals surface area (Å²) < 4.78 is 4.86. The molecule has 0 saturated heterocycles. The molecule has 2 N–H and O–H groups in total. The van der Waals surface area contributed by atoms with Gasteiger partial charge in [-0.2, -0.15) is 4.98 Å². The first-order valence-electron chi connectivity index (χ1n) is 5.06. The first kappa shape index (κ1) is 13.1. The molecule has 1 aromatic heterocycles. The quantitative estimate of drug-likeness (QED) is 0.559. The zero-order valence-corrected chi connectivity index (χ0v) is 9.79. The highest BCUT2D eigenvalue weighted by molar-refractivity contribution is 5.62. The summed E-state index contributed by atoms with van der Waals surface area (Å²) in [5, 5.41) is 11.0. The third kappa shape index (κ3) is 3.00. The molecule has 0 spiro atoms. The molecule has 1 heterocycles. The van der Waals surface area contributed by atoms with Gasteiger partial charge in [-0.25, -0.2) is 4.98 Å². The second kappa shape index (κ2) is 5.94. The van der Waals surface area contributed by atoms with Crippen LogP contribution in [0, 0.1) is 10.1 Å². The Hall–Kier alpha value is -1.96. The lowest BCUT2D eigenvalue weighted by atomic mass is 10.3. The highest BCUT2D eigenvalue weighted by Gasteiger charge is 2.25. The fourth-order valence-electron chi connectivity index (χ4n) is 1.38. The lowest BCUT2D eigenvalue weighted by Crippen LogP contribution is -2.23. The van der Waals surface area contributed by atoms with E-state index < -0.39 is 4.92 Å². The Morgan fingerprint density at radius 1 is 1.59 bits per heavy atom. The normalized spacial score (nSPS) is 10.1. The third-order valence-corrected chi connectivity index (χ3v) is 2.20. The molecule has 94 valence electrons. The van der Waals surface area contributed by atoms with E-state index in [-0.39, 0.29) is 17.4 Å². The highest BCUT2D eigenvalue weighted by atomic mass is 16.6. The Morgan fingerprint density at radius 2 is 2.29 bits per heavy atom. The molecule has 0 bridgehead atoms. The van der Waals surface area contributed by atoms with Crippen molar-refractivity contribution < 1.29 is 9.66 Å². The van der Waals surface area contributed by atoms with Crippen molar-refractivity contribution in [1.82, 2.24) is 9.97 Å². The average Bonchev–Trinajstić information content (AvgIpc) is 2.34. The van der Waals surface area contributed by atoms with Crippen LogP contribution in [0.3, 0.4) is 0 Å². The molecule has 0 unspecified atom stereocenters. The Kier molecular flexibility index (Phi) is 4.58. The van der Waals surface area contributed by atoms with Crippen molar-refractivity contribution >= 4 is 11.5 Å². The minimum absolute atomic E-state index is 0.0420. The van der Waals surface area contributed by atoms with E-state index >= 15 is 0 Å². The molecule has 0 atom stereocenters. The van der Waals surface area contributed by atoms with Gasteiger partial charge in [0.25, 0.3) is 5.88 Å². The van der Waals surface area contributed by atoms with Crippen LogP contribution in [0.5, 0.6) is 5.88 Å². The number of rotatable bonds is 6. The molecule has 0 amide bonds. The van der Waals surface area contributed by atoms with Gasteiger partial charge in [0.15, 0.2) is 0 Å². The van der Waals surface area contributed by atoms with Crippen molar-refractivity contribution in [2.24, 2.45) is 5.73 Å². The van der Waals surface area contributed by atoms with E-state index in [1.165, 1.54) is 13.4 Å². The fourth-order valence-corrected chi connectivity index (χ4v) is 1.38. The molecule has 8 nitrogen and oxygen atoms in total. The SMILES string of the molecule is COc1ncnc(N(C)CCCN)c1[N+](=O)[O-]. The van der Waals surface area contributed by atoms with Crippen LogP contribution < -0.4 is 15.4 Å². The Bertz CT molecular complexity index is 398. The van der Waals surface area contributed by atoms with Gasteiger partial charge in [0.1, 0.15) is 6.33 Å². The summed E-state index contributed by atoms with van der Waals surface area (Å²) in [6.07, 6.45) is 1.96. The van der Waals surface area contributed by atoms with Gasteiger partial charge >= 0.3 is 5.69 Å². The monoisotopic (exact) mass is 241 g/mol. The van der Waals surface area contributed by atoms with Crippen LogP contribution in [-0.4, -0.2) is 42.1 Å². The fraction of sp³-hybridized carbons (Fsp3) is 0.556. The lowest BCUT2D eigenvalue weighted by Gasteiger charge is -2.17. The second-order valence-corrected chi connectivity index (χ2v) is 3.38. The van der Waals surface area contributed by atoms with Crippen LogP contribution in [0.4, 0.5) is 11.5 Å². The lowest BCUT2D eigenvalue weighted by molar-refractivity contribution is -0.385. The molecule has 0 aliphatic heterocycles. The Morgan fingerprint density at radius 3 is 2.82 bits per heavy atom. The average molecular weight is 241 g/mol. The van der Waals surface area contributed by atoms with E-state index in [1.54, 1.807) is 11.9 Å². The number of hydrogen-bond donors (Lipinski definition) is 1. The van der Waals surface area contributed by atoms with Crippen LogP contribution in [0.1, 0.15) is 6.42 Å². The molecule has 0 aliphatic carbocycles. The van der Waals surface area contributed by atoms with Crippen LogP contribution in [0.15, 0.2) is 6.33 Å². The summed E-state index contributed by atoms with van der Waals surface area (Å²) in [5.74, 6) is 0.190. The van der Waals surface area contributed by atoms with Crippen molar-refractivity contribution in [2.75, 3.05) is 32.1 Å². The molecule has 0 radical (unpaired) electrons. The summed E-state index contributed by atoms with van der Waals surface area (Å²) in [4.78, 5) is 19.7. The van der Waals surface area contributed by atoms with Crippen molar-refractivity contribution in [3.63, 3.8) is 0 Å². The number of aromatic nitrogens is 2. The van der Waals surface area contributed by atoms with E-state index in [2.05, 4.69) is 9.97 Å². The van der Waals surface area contributed by atoms with Crippen molar-refractivity contribution in [3.8, 4) is 5.88 Å². The molecule has 0 aliphatic rings. The molecule has 1 aromatic rings. The van der Waals surface area contributed by atoms with Gasteiger partial charge in [0.05, 0.1) is 12.0 Å². The standard InChI is InChI=1S/C9H15N5O3/c1-13(5-3-4-10)8-7(14(15)16)9(17-2)12-6-11-8/h6H,3-5,10H2,1-2H3. The minimum atomic E-state index is -0.548. The van der Waals surface area contributed by atoms with Crippen LogP contribution in [0.2, 0.25) is 0 Å². The van der Waals surface area contributed by atoms with Gasteiger partial charge < -0.3 is 15.4 Å². The number of ether oxygens (including phenoxy) is 1. The number of nitro groups is 1. The largest absolute Gasteiger partial charge is 0.476 e. The number of nitrogens with zero attached hydrogens (tertiary/aromatic N) is 4. The Balaban J connectivity index is 3.09. The minimum Gasteiger partial charge on any atom is -0.476 e. The first-order valence-corrected chi connectivity index (χ1v) is 5.06. The van der Waals surface area contributed by atoms with Crippen LogP contribution in [-0.2, 0) is 0 Å². The third-order valence-electron chi connectivity index (χ3n) is 2.20. The topological polar surface area (TPSA) is 107 Å². The van der Waals surface area contributed by atoms with E-state index in [9.17, 15) is 10.1 Å². The maximum Gasteiger partial charge on any atom is 0.372 e. The van der Waals surface area contributed by atoms with Crippen molar-refractivity contribution in [1.29, 1.82) is 0 Å². The van der Waals surface area contributed by atoms with E-state index in [4.69, 9.17) is 10.5 Å². The van der Waals surface area contributed by atoms with Crippen LogP contribution >= 0.6 is 0 Å². The smallest absolute Gasteiger partial charge is 0.372 e. The molecular weight excluding hydrogens is 226 g/mol. The van der Waals surface area contributed by atoms with Gasteiger partial charge in [0.2, 0.25) is 5.82 Å². The maximum atomic E-state index is 11.0. The van der Waals surface area contributed by atoms with Gasteiger partial charge in [-0.15, -0.1) is 0 Å². The zero-order chi connectivity index (χ0) is 12.8. The molecule has 8 heteroatoms. The number of hydrogen-bond acceptors (Lipinski definition) is 7. The predicted molar refractivity (Wildman–Crippen MR) is 62.2 cm³/mol. The molecule has 0 aromatic carbocycles. The van der Waals surface area contributed by atoms with Crippen molar-refractivity contribution in [3.05, 3.63) is 16.4 Å². The molecule has 1 rings (SSSR count). The molecule has 17 heavy (non-hydrogen) atoms. The zero-order valence-electron chi connectivity index (χ0n) is 9.79. The number of nitrogens with two attached hydrogens (primary N) is 1. The summed E-state index contributed by atoms with van der Waals surface area (Å²) in [7, 11) is 3.05. The molecule has 0 fully saturated rings. The van der Waals surface area contributed by atoms with Gasteiger partial charge in [-0.1, -0.05) is 0 Å². The summed E-state index contributed by atoms with van der Waals surface area (Å²) in [5.41, 5.74) is 5.16. The molecule has 0 saturated carbocycles. The molecular formula is C9H15N5O3.